The van der Waals surface area contributed by atoms with E-state index < -0.39 is 0 Å². The van der Waals surface area contributed by atoms with Gasteiger partial charge in [-0.25, -0.2) is 0 Å². The summed E-state index contributed by atoms with van der Waals surface area (Å²) < 4.78 is 0. The predicted molar refractivity (Wildman–Crippen MR) is 59.8 cm³/mol. The van der Waals surface area contributed by atoms with E-state index in [9.17, 15) is 0 Å². The molecule has 1 aliphatic carbocycles. The smallest absolute Gasteiger partial charge is 0.0292 e. The van der Waals surface area contributed by atoms with Crippen LogP contribution in [0.5, 0.6) is 0 Å². The van der Waals surface area contributed by atoms with Crippen molar-refractivity contribution in [1.82, 2.24) is 0 Å². The van der Waals surface area contributed by atoms with Crippen LogP contribution in [0.3, 0.4) is 0 Å². The van der Waals surface area contributed by atoms with E-state index in [1.54, 1.807) is 0 Å². The monoisotopic (exact) mass is 182 g/mol. The van der Waals surface area contributed by atoms with Crippen molar-refractivity contribution in [3.05, 3.63) is 0 Å². The lowest BCUT2D eigenvalue weighted by Crippen LogP contribution is -2.05. The van der Waals surface area contributed by atoms with Gasteiger partial charge in [-0.2, -0.15) is 0 Å². The Bertz CT molecular complexity index is 150. The Morgan fingerprint density at radius 1 is 1.31 bits per heavy atom. The Hall–Kier alpha value is 0. The fourth-order valence-corrected chi connectivity index (χ4v) is 2.68. The molecule has 0 amide bonds. The second kappa shape index (κ2) is 4.48. The third-order valence-corrected chi connectivity index (χ3v) is 4.10. The summed E-state index contributed by atoms with van der Waals surface area (Å²) in [7, 11) is 0. The fourth-order valence-electron chi connectivity index (χ4n) is 2.68. The summed E-state index contributed by atoms with van der Waals surface area (Å²) in [5.74, 6) is 2.01. The number of hydrogen-bond donors (Lipinski definition) is 0. The van der Waals surface area contributed by atoms with Gasteiger partial charge in [0.2, 0.25) is 0 Å². The van der Waals surface area contributed by atoms with Gasteiger partial charge in [-0.05, 0) is 30.1 Å². The molecule has 1 rings (SSSR count). The van der Waals surface area contributed by atoms with Gasteiger partial charge in [-0.15, -0.1) is 0 Å². The minimum atomic E-state index is 0.741. The van der Waals surface area contributed by atoms with E-state index in [1.807, 2.05) is 0 Å². The molecule has 13 heavy (non-hydrogen) atoms. The van der Waals surface area contributed by atoms with Crippen LogP contribution in [0.4, 0.5) is 0 Å². The molecule has 1 aliphatic rings. The van der Waals surface area contributed by atoms with Gasteiger partial charge in [0.05, 0.1) is 0 Å². The van der Waals surface area contributed by atoms with Gasteiger partial charge in [-0.1, -0.05) is 53.4 Å². The zero-order valence-electron chi connectivity index (χ0n) is 9.90. The molecule has 0 bridgehead atoms. The van der Waals surface area contributed by atoms with Crippen molar-refractivity contribution in [2.24, 2.45) is 17.3 Å². The molecule has 0 aromatic heterocycles. The Kier molecular flexibility index (Phi) is 3.82. The van der Waals surface area contributed by atoms with Crippen molar-refractivity contribution in [2.75, 3.05) is 0 Å². The lowest BCUT2D eigenvalue weighted by molar-refractivity contribution is 0.361. The summed E-state index contributed by atoms with van der Waals surface area (Å²) in [6.07, 6.45) is 8.61. The lowest BCUT2D eigenvalue weighted by Gasteiger charge is -2.14. The van der Waals surface area contributed by atoms with E-state index in [2.05, 4.69) is 27.7 Å². The van der Waals surface area contributed by atoms with Crippen molar-refractivity contribution in [3.8, 4) is 0 Å². The molecule has 0 heterocycles. The summed E-state index contributed by atoms with van der Waals surface area (Å²) in [6.45, 7) is 9.55. The molecule has 3 atom stereocenters. The van der Waals surface area contributed by atoms with Gasteiger partial charge < -0.3 is 0 Å². The zero-order chi connectivity index (χ0) is 9.90. The van der Waals surface area contributed by atoms with E-state index in [4.69, 9.17) is 0 Å². The standard InChI is InChI=1S/C13H26/c1-5-7-8-9-13(4)10-12(13)11(3)6-2/h11-12H,5-10H2,1-4H3. The summed E-state index contributed by atoms with van der Waals surface area (Å²) in [5, 5.41) is 0. The summed E-state index contributed by atoms with van der Waals surface area (Å²) in [4.78, 5) is 0. The van der Waals surface area contributed by atoms with Crippen LogP contribution in [0.1, 0.15) is 66.2 Å². The summed E-state index contributed by atoms with van der Waals surface area (Å²) >= 11 is 0. The first-order chi connectivity index (χ1) is 6.14. The van der Waals surface area contributed by atoms with Crippen LogP contribution in [-0.4, -0.2) is 0 Å². The van der Waals surface area contributed by atoms with Gasteiger partial charge >= 0.3 is 0 Å². The van der Waals surface area contributed by atoms with Gasteiger partial charge in [0.15, 0.2) is 0 Å². The van der Waals surface area contributed by atoms with E-state index in [0.717, 1.165) is 17.3 Å². The normalized spacial score (nSPS) is 34.6. The van der Waals surface area contributed by atoms with E-state index in [-0.39, 0.29) is 0 Å². The molecule has 0 radical (unpaired) electrons. The van der Waals surface area contributed by atoms with Gasteiger partial charge in [0.1, 0.15) is 0 Å². The number of unbranched alkanes of at least 4 members (excludes halogenated alkanes) is 2. The molecule has 78 valence electrons. The maximum atomic E-state index is 2.50. The first-order valence-corrected chi connectivity index (χ1v) is 6.14. The molecule has 0 nitrogen and oxygen atoms in total. The van der Waals surface area contributed by atoms with Crippen molar-refractivity contribution in [1.29, 1.82) is 0 Å². The lowest BCUT2D eigenvalue weighted by atomic mass is 9.91. The van der Waals surface area contributed by atoms with Crippen molar-refractivity contribution in [3.63, 3.8) is 0 Å². The van der Waals surface area contributed by atoms with Crippen molar-refractivity contribution >= 4 is 0 Å². The van der Waals surface area contributed by atoms with E-state index in [0.29, 0.717) is 0 Å². The van der Waals surface area contributed by atoms with Crippen LogP contribution in [0.25, 0.3) is 0 Å². The molecule has 1 saturated carbocycles. The highest BCUT2D eigenvalue weighted by Crippen LogP contribution is 2.59. The molecule has 0 aliphatic heterocycles. The highest BCUT2D eigenvalue weighted by atomic mass is 14.6. The molecule has 0 spiro atoms. The minimum Gasteiger partial charge on any atom is -0.0654 e. The van der Waals surface area contributed by atoms with Gasteiger partial charge in [0.25, 0.3) is 0 Å². The molecule has 0 saturated heterocycles. The Morgan fingerprint density at radius 2 is 2.00 bits per heavy atom. The zero-order valence-corrected chi connectivity index (χ0v) is 9.90. The molecule has 0 N–H and O–H groups in total. The molecule has 1 fully saturated rings. The van der Waals surface area contributed by atoms with Crippen LogP contribution >= 0.6 is 0 Å². The molecule has 3 unspecified atom stereocenters. The maximum Gasteiger partial charge on any atom is -0.0292 e. The first-order valence-electron chi connectivity index (χ1n) is 6.14. The molecular formula is C13H26. The average Bonchev–Trinajstić information content (AvgIpc) is 2.78. The molecular weight excluding hydrogens is 156 g/mol. The Balaban J connectivity index is 2.20. The van der Waals surface area contributed by atoms with Crippen LogP contribution in [0.15, 0.2) is 0 Å². The largest absolute Gasteiger partial charge is 0.0654 e. The Morgan fingerprint density at radius 3 is 2.54 bits per heavy atom. The Labute approximate surface area is 84.1 Å². The SMILES string of the molecule is CCCCCC1(C)CC1C(C)CC. The van der Waals surface area contributed by atoms with Crippen molar-refractivity contribution < 1.29 is 0 Å². The first kappa shape index (κ1) is 11.1. The van der Waals surface area contributed by atoms with Crippen LogP contribution in [0.2, 0.25) is 0 Å². The summed E-state index contributed by atoms with van der Waals surface area (Å²) in [5.41, 5.74) is 0.741. The molecule has 0 heteroatoms. The van der Waals surface area contributed by atoms with E-state index in [1.165, 1.54) is 38.5 Å². The maximum absolute atomic E-state index is 2.50. The quantitative estimate of drug-likeness (QED) is 0.525. The summed E-state index contributed by atoms with van der Waals surface area (Å²) in [6, 6.07) is 0. The van der Waals surface area contributed by atoms with Crippen molar-refractivity contribution in [2.45, 2.75) is 66.2 Å². The molecule has 0 aromatic carbocycles. The van der Waals surface area contributed by atoms with Gasteiger partial charge in [0, 0.05) is 0 Å². The van der Waals surface area contributed by atoms with Crippen LogP contribution in [0, 0.1) is 17.3 Å². The second-order valence-electron chi connectivity index (χ2n) is 5.31. The van der Waals surface area contributed by atoms with E-state index >= 15 is 0 Å². The third kappa shape index (κ3) is 2.72. The highest BCUT2D eigenvalue weighted by molar-refractivity contribution is 5.00. The molecule has 0 aromatic rings. The van der Waals surface area contributed by atoms with Crippen LogP contribution < -0.4 is 0 Å². The number of hydrogen-bond acceptors (Lipinski definition) is 0. The van der Waals surface area contributed by atoms with Crippen LogP contribution in [-0.2, 0) is 0 Å². The third-order valence-electron chi connectivity index (χ3n) is 4.10. The predicted octanol–water partition coefficient (Wildman–Crippen LogP) is 4.64. The topological polar surface area (TPSA) is 0 Å². The number of rotatable bonds is 6. The second-order valence-corrected chi connectivity index (χ2v) is 5.31. The minimum absolute atomic E-state index is 0.741. The highest BCUT2D eigenvalue weighted by Gasteiger charge is 2.50. The fraction of sp³-hybridized carbons (Fsp3) is 1.00. The average molecular weight is 182 g/mol. The van der Waals surface area contributed by atoms with Gasteiger partial charge in [-0.3, -0.25) is 0 Å².